The van der Waals surface area contributed by atoms with Crippen LogP contribution in [0.2, 0.25) is 0 Å². The van der Waals surface area contributed by atoms with Crippen LogP contribution in [0.5, 0.6) is 5.75 Å². The monoisotopic (exact) mass is 416 g/mol. The first kappa shape index (κ1) is 21.3. The number of rotatable bonds is 6. The van der Waals surface area contributed by atoms with Crippen molar-refractivity contribution in [1.82, 2.24) is 10.2 Å². The SMILES string of the molecule is CCOC(=O)C1=C(COc2ccc(F)cc2F)N(C)C(=O)N[C@H]1c1ccc(C)cc1. The molecular formula is C22H22F2N2O4. The van der Waals surface area contributed by atoms with Gasteiger partial charge in [0.15, 0.2) is 11.6 Å². The lowest BCUT2D eigenvalue weighted by Gasteiger charge is -2.34. The first-order valence-electron chi connectivity index (χ1n) is 9.40. The normalized spacial score (nSPS) is 16.4. The van der Waals surface area contributed by atoms with Crippen molar-refractivity contribution in [3.8, 4) is 5.75 Å². The number of hydrogen-bond donors (Lipinski definition) is 1. The van der Waals surface area contributed by atoms with Gasteiger partial charge in [0.25, 0.3) is 0 Å². The Hall–Kier alpha value is -3.42. The van der Waals surface area contributed by atoms with Gasteiger partial charge in [-0.3, -0.25) is 4.90 Å². The van der Waals surface area contributed by atoms with Crippen molar-refractivity contribution in [3.05, 3.63) is 76.5 Å². The Bertz CT molecular complexity index is 989. The Morgan fingerprint density at radius 2 is 1.87 bits per heavy atom. The molecule has 0 bridgehead atoms. The number of nitrogens with zero attached hydrogens (tertiary/aromatic N) is 1. The zero-order chi connectivity index (χ0) is 21.8. The Labute approximate surface area is 173 Å². The van der Waals surface area contributed by atoms with Crippen molar-refractivity contribution in [3.63, 3.8) is 0 Å². The molecule has 2 aromatic carbocycles. The van der Waals surface area contributed by atoms with Gasteiger partial charge in [-0.1, -0.05) is 29.8 Å². The Morgan fingerprint density at radius 3 is 2.50 bits per heavy atom. The standard InChI is InChI=1S/C22H22F2N2O4/c1-4-29-21(27)19-17(12-30-18-10-9-15(23)11-16(18)24)26(3)22(28)25-20(19)14-7-5-13(2)6-8-14/h5-11,20H,4,12H2,1-3H3,(H,25,28)/t20-/m0/s1. The van der Waals surface area contributed by atoms with Crippen molar-refractivity contribution in [2.24, 2.45) is 0 Å². The molecule has 2 amide bonds. The van der Waals surface area contributed by atoms with Crippen LogP contribution in [0.4, 0.5) is 13.6 Å². The van der Waals surface area contributed by atoms with Crippen molar-refractivity contribution in [2.45, 2.75) is 19.9 Å². The number of ether oxygens (including phenoxy) is 2. The lowest BCUT2D eigenvalue weighted by Crippen LogP contribution is -2.48. The second-order valence-corrected chi connectivity index (χ2v) is 6.80. The molecule has 0 aromatic heterocycles. The predicted octanol–water partition coefficient (Wildman–Crippen LogP) is 3.87. The lowest BCUT2D eigenvalue weighted by atomic mass is 9.94. The number of carbonyl (C=O) groups excluding carboxylic acids is 2. The topological polar surface area (TPSA) is 67.9 Å². The van der Waals surface area contributed by atoms with E-state index in [1.165, 1.54) is 11.9 Å². The molecule has 0 unspecified atom stereocenters. The maximum absolute atomic E-state index is 14.0. The quantitative estimate of drug-likeness (QED) is 0.726. The van der Waals surface area contributed by atoms with E-state index in [0.29, 0.717) is 11.6 Å². The van der Waals surface area contributed by atoms with Gasteiger partial charge in [0.1, 0.15) is 12.4 Å². The van der Waals surface area contributed by atoms with Gasteiger partial charge < -0.3 is 14.8 Å². The number of carbonyl (C=O) groups is 2. The highest BCUT2D eigenvalue weighted by atomic mass is 19.1. The number of nitrogens with one attached hydrogen (secondary N) is 1. The van der Waals surface area contributed by atoms with E-state index in [9.17, 15) is 18.4 Å². The van der Waals surface area contributed by atoms with E-state index in [1.54, 1.807) is 6.92 Å². The molecule has 6 nitrogen and oxygen atoms in total. The van der Waals surface area contributed by atoms with Crippen LogP contribution >= 0.6 is 0 Å². The molecule has 0 fully saturated rings. The van der Waals surface area contributed by atoms with E-state index < -0.39 is 29.7 Å². The molecule has 8 heteroatoms. The van der Waals surface area contributed by atoms with Crippen molar-refractivity contribution >= 4 is 12.0 Å². The molecule has 0 aliphatic carbocycles. The highest BCUT2D eigenvalue weighted by molar-refractivity contribution is 5.95. The van der Waals surface area contributed by atoms with E-state index in [4.69, 9.17) is 9.47 Å². The Kier molecular flexibility index (Phi) is 6.34. The summed E-state index contributed by atoms with van der Waals surface area (Å²) in [7, 11) is 1.47. The summed E-state index contributed by atoms with van der Waals surface area (Å²) in [4.78, 5) is 26.6. The predicted molar refractivity (Wildman–Crippen MR) is 106 cm³/mol. The molecular weight excluding hydrogens is 394 g/mol. The molecule has 0 saturated heterocycles. The molecule has 1 N–H and O–H groups in total. The third-order valence-electron chi connectivity index (χ3n) is 4.74. The van der Waals surface area contributed by atoms with Gasteiger partial charge in [-0.25, -0.2) is 18.4 Å². The molecule has 1 aliphatic heterocycles. The van der Waals surface area contributed by atoms with Gasteiger partial charge in [-0.2, -0.15) is 0 Å². The average Bonchev–Trinajstić information content (AvgIpc) is 2.70. The summed E-state index contributed by atoms with van der Waals surface area (Å²) in [6.45, 7) is 3.45. The van der Waals surface area contributed by atoms with Crippen LogP contribution in [0.25, 0.3) is 0 Å². The average molecular weight is 416 g/mol. The summed E-state index contributed by atoms with van der Waals surface area (Å²) in [5, 5.41) is 2.79. The van der Waals surface area contributed by atoms with Crippen LogP contribution in [-0.4, -0.2) is 37.2 Å². The van der Waals surface area contributed by atoms with Gasteiger partial charge >= 0.3 is 12.0 Å². The number of benzene rings is 2. The summed E-state index contributed by atoms with van der Waals surface area (Å²) in [5.41, 5.74) is 2.13. The Balaban J connectivity index is 2.03. The first-order chi connectivity index (χ1) is 14.3. The number of hydrogen-bond acceptors (Lipinski definition) is 4. The second-order valence-electron chi connectivity index (χ2n) is 6.80. The van der Waals surface area contributed by atoms with Gasteiger partial charge in [0.2, 0.25) is 0 Å². The fourth-order valence-corrected chi connectivity index (χ4v) is 3.13. The molecule has 1 atom stereocenters. The maximum Gasteiger partial charge on any atom is 0.338 e. The van der Waals surface area contributed by atoms with E-state index in [0.717, 1.165) is 17.7 Å². The van der Waals surface area contributed by atoms with Gasteiger partial charge in [-0.05, 0) is 31.5 Å². The fourth-order valence-electron chi connectivity index (χ4n) is 3.13. The van der Waals surface area contributed by atoms with Crippen LogP contribution in [0, 0.1) is 18.6 Å². The highest BCUT2D eigenvalue weighted by Gasteiger charge is 2.37. The molecule has 30 heavy (non-hydrogen) atoms. The smallest absolute Gasteiger partial charge is 0.338 e. The minimum Gasteiger partial charge on any atom is -0.484 e. The fraction of sp³-hybridized carbons (Fsp3) is 0.273. The number of halogens is 2. The maximum atomic E-state index is 14.0. The number of likely N-dealkylation sites (N-methyl/N-ethyl adjacent to an activating group) is 1. The minimum atomic E-state index is -0.883. The number of aryl methyl sites for hydroxylation is 1. The second kappa shape index (κ2) is 8.94. The molecule has 3 rings (SSSR count). The molecule has 0 saturated carbocycles. The third kappa shape index (κ3) is 4.42. The van der Waals surface area contributed by atoms with Crippen LogP contribution in [0.3, 0.4) is 0 Å². The van der Waals surface area contributed by atoms with E-state index in [1.807, 2.05) is 31.2 Å². The molecule has 1 aliphatic rings. The molecule has 158 valence electrons. The van der Waals surface area contributed by atoms with Crippen LogP contribution in [0.15, 0.2) is 53.7 Å². The number of amides is 2. The first-order valence-corrected chi connectivity index (χ1v) is 9.40. The van der Waals surface area contributed by atoms with Gasteiger partial charge in [0, 0.05) is 13.1 Å². The Morgan fingerprint density at radius 1 is 1.17 bits per heavy atom. The summed E-state index contributed by atoms with van der Waals surface area (Å²) >= 11 is 0. The zero-order valence-corrected chi connectivity index (χ0v) is 16.9. The van der Waals surface area contributed by atoms with Crippen molar-refractivity contribution in [2.75, 3.05) is 20.3 Å². The largest absolute Gasteiger partial charge is 0.484 e. The third-order valence-corrected chi connectivity index (χ3v) is 4.74. The van der Waals surface area contributed by atoms with Crippen LogP contribution in [0.1, 0.15) is 24.1 Å². The van der Waals surface area contributed by atoms with E-state index in [-0.39, 0.29) is 30.2 Å². The summed E-state index contributed by atoms with van der Waals surface area (Å²) in [6, 6.07) is 9.05. The summed E-state index contributed by atoms with van der Waals surface area (Å²) in [6.07, 6.45) is 0. The van der Waals surface area contributed by atoms with Crippen molar-refractivity contribution in [1.29, 1.82) is 0 Å². The minimum absolute atomic E-state index is 0.140. The molecule has 2 aromatic rings. The summed E-state index contributed by atoms with van der Waals surface area (Å²) in [5.74, 6) is -2.43. The zero-order valence-electron chi connectivity index (χ0n) is 16.9. The molecule has 0 radical (unpaired) electrons. The van der Waals surface area contributed by atoms with Crippen molar-refractivity contribution < 1.29 is 27.8 Å². The summed E-state index contributed by atoms with van der Waals surface area (Å²) < 4.78 is 37.8. The van der Waals surface area contributed by atoms with E-state index >= 15 is 0 Å². The lowest BCUT2D eigenvalue weighted by molar-refractivity contribution is -0.139. The van der Waals surface area contributed by atoms with Gasteiger partial charge in [-0.15, -0.1) is 0 Å². The molecule has 1 heterocycles. The number of esters is 1. The number of urea groups is 1. The molecule has 0 spiro atoms. The van der Waals surface area contributed by atoms with Gasteiger partial charge in [0.05, 0.1) is 23.9 Å². The van der Waals surface area contributed by atoms with Crippen LogP contribution in [-0.2, 0) is 9.53 Å². The van der Waals surface area contributed by atoms with E-state index in [2.05, 4.69) is 5.32 Å². The highest BCUT2D eigenvalue weighted by Crippen LogP contribution is 2.32. The van der Waals surface area contributed by atoms with Crippen LogP contribution < -0.4 is 10.1 Å².